The van der Waals surface area contributed by atoms with E-state index in [0.29, 0.717) is 35.8 Å². The molecule has 4 rings (SSSR count). The highest BCUT2D eigenvalue weighted by Gasteiger charge is 2.36. The summed E-state index contributed by atoms with van der Waals surface area (Å²) >= 11 is 6.42. The van der Waals surface area contributed by atoms with Gasteiger partial charge >= 0.3 is 6.09 Å². The predicted octanol–water partition coefficient (Wildman–Crippen LogP) is 2.99. The monoisotopic (exact) mass is 519 g/mol. The maximum absolute atomic E-state index is 13.2. The van der Waals surface area contributed by atoms with Crippen molar-refractivity contribution >= 4 is 23.3 Å². The predicted molar refractivity (Wildman–Crippen MR) is 133 cm³/mol. The smallest absolute Gasteiger partial charge is 0.410 e. The van der Waals surface area contributed by atoms with Crippen molar-refractivity contribution in [2.24, 2.45) is 0 Å². The van der Waals surface area contributed by atoms with Gasteiger partial charge < -0.3 is 24.2 Å². The van der Waals surface area contributed by atoms with Crippen molar-refractivity contribution in [3.8, 4) is 22.8 Å². The lowest BCUT2D eigenvalue weighted by molar-refractivity contribution is -0.0420. The van der Waals surface area contributed by atoms with Crippen molar-refractivity contribution in [1.82, 2.24) is 24.1 Å². The van der Waals surface area contributed by atoms with Crippen LogP contribution < -0.4 is 15.0 Å². The number of nitrogens with zero attached hydrogens (tertiary/aromatic N) is 5. The highest BCUT2D eigenvalue weighted by Crippen LogP contribution is 2.35. The first-order chi connectivity index (χ1) is 16.9. The average Bonchev–Trinajstić information content (AvgIpc) is 3.16. The summed E-state index contributed by atoms with van der Waals surface area (Å²) in [6, 6.07) is 5.22. The van der Waals surface area contributed by atoms with E-state index in [2.05, 4.69) is 10.1 Å². The fourth-order valence-corrected chi connectivity index (χ4v) is 4.45. The van der Waals surface area contributed by atoms with Crippen LogP contribution in [0.15, 0.2) is 29.3 Å². The van der Waals surface area contributed by atoms with Gasteiger partial charge in [0.05, 0.1) is 26.4 Å². The summed E-state index contributed by atoms with van der Waals surface area (Å²) in [6.07, 6.45) is 1.52. The van der Waals surface area contributed by atoms with E-state index < -0.39 is 22.9 Å². The van der Waals surface area contributed by atoms with Gasteiger partial charge in [0.1, 0.15) is 17.6 Å². The average molecular weight is 520 g/mol. The molecule has 1 N–H and O–H groups in total. The van der Waals surface area contributed by atoms with Crippen LogP contribution in [0.1, 0.15) is 33.6 Å². The molecule has 11 nitrogen and oxygen atoms in total. The minimum Gasteiger partial charge on any atom is -0.493 e. The van der Waals surface area contributed by atoms with Crippen LogP contribution in [0, 0.1) is 0 Å². The molecule has 3 aromatic rings. The van der Waals surface area contributed by atoms with Gasteiger partial charge in [0.25, 0.3) is 5.56 Å². The minimum atomic E-state index is -1.19. The quantitative estimate of drug-likeness (QED) is 0.546. The number of carbonyl (C=O) groups is 1. The molecule has 0 radical (unpaired) electrons. The van der Waals surface area contributed by atoms with Gasteiger partial charge in [-0.05, 0) is 51.8 Å². The van der Waals surface area contributed by atoms with E-state index in [9.17, 15) is 14.7 Å². The number of amides is 1. The maximum atomic E-state index is 13.2. The molecule has 1 aliphatic heterocycles. The van der Waals surface area contributed by atoms with E-state index in [4.69, 9.17) is 25.8 Å². The molecule has 0 unspecified atom stereocenters. The van der Waals surface area contributed by atoms with Crippen molar-refractivity contribution in [3.05, 3.63) is 40.0 Å². The number of ether oxygens (including phenoxy) is 3. The Kier molecular flexibility index (Phi) is 6.89. The van der Waals surface area contributed by atoms with Gasteiger partial charge in [0, 0.05) is 18.7 Å². The largest absolute Gasteiger partial charge is 0.493 e. The second kappa shape index (κ2) is 9.62. The fraction of sp³-hybridized carbons (Fsp3) is 0.500. The number of carbonyl (C=O) groups excluding carboxylic acids is 1. The minimum absolute atomic E-state index is 0.00760. The summed E-state index contributed by atoms with van der Waals surface area (Å²) in [6.45, 7) is 6.05. The molecule has 0 saturated carbocycles. The van der Waals surface area contributed by atoms with Crippen LogP contribution >= 0.6 is 11.6 Å². The zero-order chi connectivity index (χ0) is 26.3. The second-order valence-electron chi connectivity index (χ2n) is 9.81. The summed E-state index contributed by atoms with van der Waals surface area (Å²) < 4.78 is 18.8. The number of aliphatic hydroxyl groups is 1. The summed E-state index contributed by atoms with van der Waals surface area (Å²) in [5.41, 5.74) is -1.13. The molecule has 0 aliphatic carbocycles. The maximum Gasteiger partial charge on any atom is 0.410 e. The van der Waals surface area contributed by atoms with Crippen LogP contribution in [0.25, 0.3) is 16.9 Å². The number of halogens is 1. The Morgan fingerprint density at radius 1 is 1.17 bits per heavy atom. The molecule has 1 fully saturated rings. The van der Waals surface area contributed by atoms with Crippen molar-refractivity contribution in [1.29, 1.82) is 0 Å². The van der Waals surface area contributed by atoms with Crippen molar-refractivity contribution in [2.45, 2.75) is 51.4 Å². The van der Waals surface area contributed by atoms with Gasteiger partial charge in [-0.1, -0.05) is 11.6 Å². The van der Waals surface area contributed by atoms with E-state index in [1.807, 2.05) is 0 Å². The van der Waals surface area contributed by atoms with Crippen LogP contribution in [0.2, 0.25) is 5.15 Å². The Hall–Kier alpha value is -3.31. The third-order valence-electron chi connectivity index (χ3n) is 6.04. The van der Waals surface area contributed by atoms with E-state index in [0.717, 1.165) is 0 Å². The number of fused-ring (bicyclic) bond motifs is 1. The summed E-state index contributed by atoms with van der Waals surface area (Å²) in [4.78, 5) is 31.4. The zero-order valence-electron chi connectivity index (χ0n) is 20.9. The Morgan fingerprint density at radius 2 is 1.83 bits per heavy atom. The Morgan fingerprint density at radius 3 is 2.44 bits per heavy atom. The topological polar surface area (TPSA) is 120 Å². The molecule has 1 amide bonds. The lowest BCUT2D eigenvalue weighted by atomic mass is 9.91. The molecule has 1 aromatic carbocycles. The zero-order valence-corrected chi connectivity index (χ0v) is 21.7. The number of rotatable bonds is 5. The van der Waals surface area contributed by atoms with Crippen molar-refractivity contribution < 1.29 is 24.1 Å². The first-order valence-electron chi connectivity index (χ1n) is 11.5. The van der Waals surface area contributed by atoms with Crippen LogP contribution in [0.4, 0.5) is 4.79 Å². The van der Waals surface area contributed by atoms with Gasteiger partial charge in [-0.3, -0.25) is 9.36 Å². The van der Waals surface area contributed by atoms with E-state index in [1.54, 1.807) is 43.9 Å². The molecule has 0 atom stereocenters. The van der Waals surface area contributed by atoms with Gasteiger partial charge in [-0.2, -0.15) is 5.10 Å². The van der Waals surface area contributed by atoms with Gasteiger partial charge in [-0.25, -0.2) is 14.3 Å². The number of benzene rings is 1. The SMILES string of the molecule is COc1ccc(-c2c(Cl)nc3c(=O)n(CC4(O)CCN(C(=O)OC(C)(C)C)CC4)cnn23)cc1OC. The molecule has 194 valence electrons. The molecule has 1 saturated heterocycles. The number of methoxy groups -OCH3 is 2. The Balaban J connectivity index is 1.57. The van der Waals surface area contributed by atoms with Gasteiger partial charge in [-0.15, -0.1) is 0 Å². The molecule has 3 heterocycles. The Labute approximate surface area is 213 Å². The third kappa shape index (κ3) is 5.12. The van der Waals surface area contributed by atoms with Crippen LogP contribution in [0.3, 0.4) is 0 Å². The molecular weight excluding hydrogens is 490 g/mol. The highest BCUT2D eigenvalue weighted by molar-refractivity contribution is 6.32. The standard InChI is InChI=1S/C24H30ClN5O6/c1-23(2,3)36-22(32)28-10-8-24(33,9-11-28)13-29-14-26-30-18(19(25)27-20(30)21(29)31)15-6-7-16(34-4)17(12-15)35-5/h6-7,12,14,33H,8-11,13H2,1-5H3. The number of hydrogen-bond acceptors (Lipinski definition) is 8. The molecule has 1 aliphatic rings. The van der Waals surface area contributed by atoms with E-state index >= 15 is 0 Å². The normalized spacial score (nSPS) is 15.7. The third-order valence-corrected chi connectivity index (χ3v) is 6.30. The molecule has 12 heteroatoms. The van der Waals surface area contributed by atoms with Gasteiger partial charge in [0.15, 0.2) is 16.7 Å². The first-order valence-corrected chi connectivity index (χ1v) is 11.9. The molecule has 0 spiro atoms. The van der Waals surface area contributed by atoms with Crippen LogP contribution in [0.5, 0.6) is 11.5 Å². The van der Waals surface area contributed by atoms with Crippen LogP contribution in [-0.4, -0.2) is 73.8 Å². The number of piperidine rings is 1. The first kappa shape index (κ1) is 25.8. The van der Waals surface area contributed by atoms with Crippen molar-refractivity contribution in [2.75, 3.05) is 27.3 Å². The van der Waals surface area contributed by atoms with Gasteiger partial charge in [0.2, 0.25) is 5.65 Å². The Bertz CT molecular complexity index is 1340. The molecular formula is C24H30ClN5O6. The number of aromatic nitrogens is 4. The second-order valence-corrected chi connectivity index (χ2v) is 10.2. The molecule has 2 aromatic heterocycles. The van der Waals surface area contributed by atoms with E-state index in [-0.39, 0.29) is 30.2 Å². The van der Waals surface area contributed by atoms with Crippen LogP contribution in [-0.2, 0) is 11.3 Å². The highest BCUT2D eigenvalue weighted by atomic mass is 35.5. The fourth-order valence-electron chi connectivity index (χ4n) is 4.18. The lowest BCUT2D eigenvalue weighted by Gasteiger charge is -2.38. The molecule has 36 heavy (non-hydrogen) atoms. The number of hydrogen-bond donors (Lipinski definition) is 1. The lowest BCUT2D eigenvalue weighted by Crippen LogP contribution is -2.50. The van der Waals surface area contributed by atoms with E-state index in [1.165, 1.54) is 29.6 Å². The number of imidazole rings is 1. The molecule has 0 bridgehead atoms. The summed E-state index contributed by atoms with van der Waals surface area (Å²) in [7, 11) is 3.06. The summed E-state index contributed by atoms with van der Waals surface area (Å²) in [5, 5.41) is 15.6. The number of likely N-dealkylation sites (tertiary alicyclic amines) is 1. The van der Waals surface area contributed by atoms with Crippen molar-refractivity contribution in [3.63, 3.8) is 0 Å². The summed E-state index contributed by atoms with van der Waals surface area (Å²) in [5.74, 6) is 1.04.